The summed E-state index contributed by atoms with van der Waals surface area (Å²) < 4.78 is 5.79. The molecule has 1 atom stereocenters. The number of rotatable bonds is 6. The zero-order chi connectivity index (χ0) is 13.7. The van der Waals surface area contributed by atoms with Crippen molar-refractivity contribution in [3.05, 3.63) is 22.7 Å². The van der Waals surface area contributed by atoms with Gasteiger partial charge in [-0.25, -0.2) is 9.78 Å². The van der Waals surface area contributed by atoms with Gasteiger partial charge in [0.1, 0.15) is 4.60 Å². The van der Waals surface area contributed by atoms with Gasteiger partial charge < -0.3 is 15.4 Å². The predicted octanol–water partition coefficient (Wildman–Crippen LogP) is 1.46. The molecule has 6 nitrogen and oxygen atoms in total. The number of carbonyl (C=O) groups is 1. The molecule has 1 saturated carbocycles. The van der Waals surface area contributed by atoms with E-state index in [0.717, 1.165) is 12.8 Å². The maximum atomic E-state index is 11.8. The summed E-state index contributed by atoms with van der Waals surface area (Å²) in [5.74, 6) is 0.554. The van der Waals surface area contributed by atoms with Crippen molar-refractivity contribution in [2.75, 3.05) is 13.7 Å². The van der Waals surface area contributed by atoms with E-state index in [1.165, 1.54) is 0 Å². The van der Waals surface area contributed by atoms with E-state index >= 15 is 0 Å². The summed E-state index contributed by atoms with van der Waals surface area (Å²) in [7, 11) is 1.65. The number of nitrogens with one attached hydrogen (secondary N) is 2. The first-order valence-electron chi connectivity index (χ1n) is 6.18. The monoisotopic (exact) mass is 328 g/mol. The summed E-state index contributed by atoms with van der Waals surface area (Å²) in [6, 6.07) is -0.0975. The van der Waals surface area contributed by atoms with Crippen LogP contribution in [0.2, 0.25) is 0 Å². The molecule has 1 aromatic heterocycles. The number of halogens is 1. The van der Waals surface area contributed by atoms with Crippen molar-refractivity contribution in [2.24, 2.45) is 5.92 Å². The molecule has 19 heavy (non-hydrogen) atoms. The third kappa shape index (κ3) is 4.76. The molecule has 1 heterocycles. The molecule has 0 spiro atoms. The number of hydrogen-bond donors (Lipinski definition) is 2. The molecule has 0 aliphatic heterocycles. The minimum atomic E-state index is -0.196. The van der Waals surface area contributed by atoms with Gasteiger partial charge in [-0.15, -0.1) is 0 Å². The molecule has 0 saturated heterocycles. The number of ether oxygens (including phenoxy) is 1. The Bertz CT molecular complexity index is 422. The highest BCUT2D eigenvalue weighted by atomic mass is 79.9. The summed E-state index contributed by atoms with van der Waals surface area (Å²) >= 11 is 3.21. The number of nitrogens with zero attached hydrogens (tertiary/aromatic N) is 2. The molecule has 104 valence electrons. The van der Waals surface area contributed by atoms with Crippen molar-refractivity contribution in [3.63, 3.8) is 0 Å². The number of amides is 2. The highest BCUT2D eigenvalue weighted by molar-refractivity contribution is 9.10. The van der Waals surface area contributed by atoms with Crippen LogP contribution in [0.5, 0.6) is 0 Å². The maximum Gasteiger partial charge on any atom is 0.315 e. The van der Waals surface area contributed by atoms with Crippen molar-refractivity contribution in [1.82, 2.24) is 20.6 Å². The Hall–Kier alpha value is -1.21. The van der Waals surface area contributed by atoms with Crippen LogP contribution in [-0.2, 0) is 11.3 Å². The molecule has 0 aromatic carbocycles. The summed E-state index contributed by atoms with van der Waals surface area (Å²) in [6.45, 7) is 0.909. The van der Waals surface area contributed by atoms with Gasteiger partial charge in [-0.05, 0) is 34.7 Å². The van der Waals surface area contributed by atoms with Crippen LogP contribution in [0, 0.1) is 5.92 Å². The smallest absolute Gasteiger partial charge is 0.315 e. The SMILES string of the molecule is COC[C@@H](NC(=O)NCc1cnc(Br)cn1)C1CC1. The molecule has 2 amide bonds. The quantitative estimate of drug-likeness (QED) is 0.829. The van der Waals surface area contributed by atoms with E-state index in [1.54, 1.807) is 19.5 Å². The first-order valence-corrected chi connectivity index (χ1v) is 6.98. The first-order chi connectivity index (χ1) is 9.19. The van der Waals surface area contributed by atoms with Gasteiger partial charge in [-0.1, -0.05) is 0 Å². The fourth-order valence-corrected chi connectivity index (χ4v) is 2.00. The van der Waals surface area contributed by atoms with Gasteiger partial charge in [0.25, 0.3) is 0 Å². The molecule has 0 bridgehead atoms. The lowest BCUT2D eigenvalue weighted by Gasteiger charge is -2.17. The van der Waals surface area contributed by atoms with Gasteiger partial charge >= 0.3 is 6.03 Å². The Balaban J connectivity index is 1.75. The van der Waals surface area contributed by atoms with Gasteiger partial charge in [0, 0.05) is 7.11 Å². The molecule has 0 unspecified atom stereocenters. The number of hydrogen-bond acceptors (Lipinski definition) is 4. The van der Waals surface area contributed by atoms with Crippen LogP contribution in [0.1, 0.15) is 18.5 Å². The predicted molar refractivity (Wildman–Crippen MR) is 73.5 cm³/mol. The second-order valence-electron chi connectivity index (χ2n) is 4.56. The number of aromatic nitrogens is 2. The van der Waals surface area contributed by atoms with Gasteiger partial charge in [-0.3, -0.25) is 4.98 Å². The Morgan fingerprint density at radius 2 is 2.32 bits per heavy atom. The van der Waals surface area contributed by atoms with E-state index in [4.69, 9.17) is 4.74 Å². The molecule has 7 heteroatoms. The van der Waals surface area contributed by atoms with Gasteiger partial charge in [0.15, 0.2) is 0 Å². The lowest BCUT2D eigenvalue weighted by Crippen LogP contribution is -2.45. The molecule has 1 aromatic rings. The first kappa shape index (κ1) is 14.2. The molecule has 1 aliphatic carbocycles. The zero-order valence-corrected chi connectivity index (χ0v) is 12.3. The van der Waals surface area contributed by atoms with Crippen LogP contribution in [0.15, 0.2) is 17.0 Å². The lowest BCUT2D eigenvalue weighted by atomic mass is 10.2. The second kappa shape index (κ2) is 6.81. The van der Waals surface area contributed by atoms with Crippen molar-refractivity contribution >= 4 is 22.0 Å². The molecule has 2 N–H and O–H groups in total. The van der Waals surface area contributed by atoms with E-state index < -0.39 is 0 Å². The Labute approximate surface area is 120 Å². The molecular formula is C12H17BrN4O2. The van der Waals surface area contributed by atoms with Gasteiger partial charge in [0.05, 0.1) is 37.3 Å². The highest BCUT2D eigenvalue weighted by Gasteiger charge is 2.32. The third-order valence-corrected chi connectivity index (χ3v) is 3.37. The van der Waals surface area contributed by atoms with E-state index in [2.05, 4.69) is 36.5 Å². The minimum Gasteiger partial charge on any atom is -0.383 e. The molecular weight excluding hydrogens is 312 g/mol. The fourth-order valence-electron chi connectivity index (χ4n) is 1.79. The number of urea groups is 1. The second-order valence-corrected chi connectivity index (χ2v) is 5.37. The fraction of sp³-hybridized carbons (Fsp3) is 0.583. The Kier molecular flexibility index (Phi) is 5.09. The largest absolute Gasteiger partial charge is 0.383 e. The van der Waals surface area contributed by atoms with Crippen LogP contribution in [-0.4, -0.2) is 35.8 Å². The van der Waals surface area contributed by atoms with Gasteiger partial charge in [-0.2, -0.15) is 0 Å². The molecule has 1 fully saturated rings. The average Bonchev–Trinajstić information content (AvgIpc) is 3.22. The van der Waals surface area contributed by atoms with E-state index in [1.807, 2.05) is 0 Å². The molecule has 0 radical (unpaired) electrons. The van der Waals surface area contributed by atoms with Crippen LogP contribution in [0.25, 0.3) is 0 Å². The maximum absolute atomic E-state index is 11.8. The normalized spacial score (nSPS) is 15.9. The third-order valence-electron chi connectivity index (χ3n) is 2.96. The summed E-state index contributed by atoms with van der Waals surface area (Å²) in [5, 5.41) is 5.70. The van der Waals surface area contributed by atoms with E-state index in [-0.39, 0.29) is 12.1 Å². The average molecular weight is 329 g/mol. The van der Waals surface area contributed by atoms with Crippen LogP contribution in [0.4, 0.5) is 4.79 Å². The highest BCUT2D eigenvalue weighted by Crippen LogP contribution is 2.32. The Morgan fingerprint density at radius 3 is 2.89 bits per heavy atom. The van der Waals surface area contributed by atoms with E-state index in [0.29, 0.717) is 29.4 Å². The number of methoxy groups -OCH3 is 1. The molecule has 1 aliphatic rings. The number of carbonyl (C=O) groups excluding carboxylic acids is 1. The standard InChI is InChI=1S/C12H17BrN4O2/c1-19-7-10(8-2-3-8)17-12(18)16-5-9-4-15-11(13)6-14-9/h4,6,8,10H,2-3,5,7H2,1H3,(H2,16,17,18)/t10-/m1/s1. The van der Waals surface area contributed by atoms with Gasteiger partial charge in [0.2, 0.25) is 0 Å². The zero-order valence-electron chi connectivity index (χ0n) is 10.7. The Morgan fingerprint density at radius 1 is 1.53 bits per heavy atom. The van der Waals surface area contributed by atoms with Crippen molar-refractivity contribution in [3.8, 4) is 0 Å². The van der Waals surface area contributed by atoms with E-state index in [9.17, 15) is 4.79 Å². The lowest BCUT2D eigenvalue weighted by molar-refractivity contribution is 0.157. The van der Waals surface area contributed by atoms with Crippen LogP contribution >= 0.6 is 15.9 Å². The van der Waals surface area contributed by atoms with Crippen molar-refractivity contribution in [1.29, 1.82) is 0 Å². The van der Waals surface area contributed by atoms with Crippen molar-refractivity contribution < 1.29 is 9.53 Å². The molecule has 2 rings (SSSR count). The van der Waals surface area contributed by atoms with Crippen LogP contribution in [0.3, 0.4) is 0 Å². The van der Waals surface area contributed by atoms with Crippen molar-refractivity contribution in [2.45, 2.75) is 25.4 Å². The summed E-state index contributed by atoms with van der Waals surface area (Å²) in [5.41, 5.74) is 0.716. The topological polar surface area (TPSA) is 76.1 Å². The summed E-state index contributed by atoms with van der Waals surface area (Å²) in [4.78, 5) is 20.0. The summed E-state index contributed by atoms with van der Waals surface area (Å²) in [6.07, 6.45) is 5.55. The van der Waals surface area contributed by atoms with Crippen LogP contribution < -0.4 is 10.6 Å². The minimum absolute atomic E-state index is 0.0981.